The molecule has 0 bridgehead atoms. The van der Waals surface area contributed by atoms with Gasteiger partial charge in [-0.1, -0.05) is 17.3 Å². The van der Waals surface area contributed by atoms with E-state index in [0.717, 1.165) is 31.5 Å². The predicted octanol–water partition coefficient (Wildman–Crippen LogP) is 2.71. The van der Waals surface area contributed by atoms with Crippen molar-refractivity contribution in [3.63, 3.8) is 0 Å². The molecule has 1 aromatic carbocycles. The molecule has 25 heavy (non-hydrogen) atoms. The molecule has 4 rings (SSSR count). The smallest absolute Gasteiger partial charge is 0.338 e. The van der Waals surface area contributed by atoms with Crippen molar-refractivity contribution in [2.24, 2.45) is 0 Å². The maximum absolute atomic E-state index is 13.1. The van der Waals surface area contributed by atoms with E-state index in [1.54, 1.807) is 29.2 Å². The summed E-state index contributed by atoms with van der Waals surface area (Å²) in [4.78, 5) is 31.2. The minimum Gasteiger partial charge on any atom is -0.465 e. The Morgan fingerprint density at radius 3 is 2.68 bits per heavy atom. The fourth-order valence-corrected chi connectivity index (χ4v) is 3.27. The summed E-state index contributed by atoms with van der Waals surface area (Å²) in [6, 6.07) is 6.46. The van der Waals surface area contributed by atoms with Gasteiger partial charge in [-0.25, -0.2) is 4.79 Å². The lowest BCUT2D eigenvalue weighted by Crippen LogP contribution is -2.32. The van der Waals surface area contributed by atoms with Crippen molar-refractivity contribution in [1.82, 2.24) is 15.0 Å². The molecule has 1 amide bonds. The summed E-state index contributed by atoms with van der Waals surface area (Å²) in [6.07, 6.45) is 3.83. The molecule has 1 aliphatic heterocycles. The standard InChI is InChI=1S/C18H19N3O4/c1-24-18(23)13-6-3-2-5-12(13)17(22)21-10-4-7-14(21)16-19-15(20-25-16)11-8-9-11/h2-3,5-6,11,14H,4,7-10H2,1H3. The van der Waals surface area contributed by atoms with Crippen molar-refractivity contribution in [2.75, 3.05) is 13.7 Å². The van der Waals surface area contributed by atoms with Crippen LogP contribution in [0.4, 0.5) is 0 Å². The quantitative estimate of drug-likeness (QED) is 0.795. The van der Waals surface area contributed by atoms with E-state index in [-0.39, 0.29) is 17.5 Å². The van der Waals surface area contributed by atoms with Crippen LogP contribution in [0.5, 0.6) is 0 Å². The number of carbonyl (C=O) groups excluding carboxylic acids is 2. The number of benzene rings is 1. The number of rotatable bonds is 4. The van der Waals surface area contributed by atoms with Crippen LogP contribution in [-0.2, 0) is 4.74 Å². The van der Waals surface area contributed by atoms with Gasteiger partial charge >= 0.3 is 5.97 Å². The van der Waals surface area contributed by atoms with E-state index in [2.05, 4.69) is 10.1 Å². The van der Waals surface area contributed by atoms with Gasteiger partial charge < -0.3 is 14.2 Å². The van der Waals surface area contributed by atoms with Crippen LogP contribution in [0.1, 0.15) is 70.1 Å². The molecule has 1 saturated carbocycles. The minimum absolute atomic E-state index is 0.213. The van der Waals surface area contributed by atoms with E-state index in [9.17, 15) is 9.59 Å². The molecule has 1 saturated heterocycles. The molecule has 1 aromatic heterocycles. The van der Waals surface area contributed by atoms with Crippen LogP contribution in [0.3, 0.4) is 0 Å². The van der Waals surface area contributed by atoms with E-state index in [1.807, 2.05) is 0 Å². The second-order valence-corrected chi connectivity index (χ2v) is 6.46. The molecule has 0 spiro atoms. The van der Waals surface area contributed by atoms with Crippen LogP contribution in [0.25, 0.3) is 0 Å². The van der Waals surface area contributed by atoms with E-state index in [0.29, 0.717) is 23.9 Å². The highest BCUT2D eigenvalue weighted by molar-refractivity contribution is 6.05. The monoisotopic (exact) mass is 341 g/mol. The normalized spacial score (nSPS) is 19.9. The van der Waals surface area contributed by atoms with Gasteiger partial charge in [0.05, 0.1) is 18.2 Å². The predicted molar refractivity (Wildman–Crippen MR) is 87.1 cm³/mol. The summed E-state index contributed by atoms with van der Waals surface area (Å²) < 4.78 is 10.2. The molecule has 7 heteroatoms. The molecule has 1 atom stereocenters. The number of carbonyl (C=O) groups is 2. The van der Waals surface area contributed by atoms with Gasteiger partial charge in [0.1, 0.15) is 6.04 Å². The molecule has 0 N–H and O–H groups in total. The highest BCUT2D eigenvalue weighted by Gasteiger charge is 2.37. The Balaban J connectivity index is 1.61. The van der Waals surface area contributed by atoms with Crippen LogP contribution in [0, 0.1) is 0 Å². The topological polar surface area (TPSA) is 85.5 Å². The van der Waals surface area contributed by atoms with Gasteiger partial charge in [0, 0.05) is 12.5 Å². The number of methoxy groups -OCH3 is 1. The Labute approximate surface area is 145 Å². The zero-order chi connectivity index (χ0) is 17.4. The number of ether oxygens (including phenoxy) is 1. The third kappa shape index (κ3) is 2.90. The molecular weight excluding hydrogens is 322 g/mol. The third-order valence-corrected chi connectivity index (χ3v) is 4.76. The molecule has 7 nitrogen and oxygen atoms in total. The zero-order valence-corrected chi connectivity index (χ0v) is 14.0. The lowest BCUT2D eigenvalue weighted by molar-refractivity contribution is 0.0586. The van der Waals surface area contributed by atoms with E-state index >= 15 is 0 Å². The lowest BCUT2D eigenvalue weighted by atomic mass is 10.1. The SMILES string of the molecule is COC(=O)c1ccccc1C(=O)N1CCCC1c1nc(C2CC2)no1. The van der Waals surface area contributed by atoms with Crippen molar-refractivity contribution < 1.29 is 18.8 Å². The second-order valence-electron chi connectivity index (χ2n) is 6.46. The van der Waals surface area contributed by atoms with E-state index in [4.69, 9.17) is 9.26 Å². The average Bonchev–Trinajstić information content (AvgIpc) is 3.19. The van der Waals surface area contributed by atoms with Crippen LogP contribution in [0.2, 0.25) is 0 Å². The summed E-state index contributed by atoms with van der Waals surface area (Å²) in [7, 11) is 1.31. The fraction of sp³-hybridized carbons (Fsp3) is 0.444. The number of hydrogen-bond donors (Lipinski definition) is 0. The highest BCUT2D eigenvalue weighted by Crippen LogP contribution is 2.40. The fourth-order valence-electron chi connectivity index (χ4n) is 3.27. The molecule has 1 unspecified atom stereocenters. The first-order valence-corrected chi connectivity index (χ1v) is 8.51. The van der Waals surface area contributed by atoms with Gasteiger partial charge in [0.2, 0.25) is 5.89 Å². The Bertz CT molecular complexity index is 812. The molecule has 0 radical (unpaired) electrons. The maximum Gasteiger partial charge on any atom is 0.338 e. The molecule has 2 aliphatic rings. The van der Waals surface area contributed by atoms with Crippen molar-refractivity contribution in [2.45, 2.75) is 37.6 Å². The minimum atomic E-state index is -0.520. The summed E-state index contributed by atoms with van der Waals surface area (Å²) in [5, 5.41) is 4.05. The number of esters is 1. The van der Waals surface area contributed by atoms with Gasteiger partial charge in [-0.15, -0.1) is 0 Å². The largest absolute Gasteiger partial charge is 0.465 e. The van der Waals surface area contributed by atoms with E-state index < -0.39 is 5.97 Å². The van der Waals surface area contributed by atoms with Crippen LogP contribution in [0.15, 0.2) is 28.8 Å². The molecule has 2 fully saturated rings. The first-order chi connectivity index (χ1) is 12.2. The second kappa shape index (κ2) is 6.31. The third-order valence-electron chi connectivity index (χ3n) is 4.76. The first kappa shape index (κ1) is 15.8. The number of aromatic nitrogens is 2. The average molecular weight is 341 g/mol. The number of likely N-dealkylation sites (tertiary alicyclic amines) is 1. The Morgan fingerprint density at radius 1 is 1.20 bits per heavy atom. The van der Waals surface area contributed by atoms with Crippen LogP contribution >= 0.6 is 0 Å². The van der Waals surface area contributed by atoms with Crippen molar-refractivity contribution >= 4 is 11.9 Å². The Hall–Kier alpha value is -2.70. The Kier molecular flexibility index (Phi) is 3.99. The van der Waals surface area contributed by atoms with Crippen molar-refractivity contribution in [3.05, 3.63) is 47.1 Å². The number of hydrogen-bond acceptors (Lipinski definition) is 6. The molecule has 2 heterocycles. The molecule has 1 aliphatic carbocycles. The van der Waals surface area contributed by atoms with Crippen molar-refractivity contribution in [3.8, 4) is 0 Å². The number of nitrogens with zero attached hydrogens (tertiary/aromatic N) is 3. The summed E-state index contributed by atoms with van der Waals surface area (Å²) in [5.74, 6) is 0.902. The van der Waals surface area contributed by atoms with Gasteiger partial charge in [0.25, 0.3) is 5.91 Å². The van der Waals surface area contributed by atoms with Gasteiger partial charge in [-0.2, -0.15) is 4.98 Å². The van der Waals surface area contributed by atoms with E-state index in [1.165, 1.54) is 7.11 Å². The maximum atomic E-state index is 13.1. The summed E-state index contributed by atoms with van der Waals surface area (Å²) in [6.45, 7) is 0.597. The first-order valence-electron chi connectivity index (χ1n) is 8.51. The summed E-state index contributed by atoms with van der Waals surface area (Å²) >= 11 is 0. The van der Waals surface area contributed by atoms with Gasteiger partial charge in [0.15, 0.2) is 5.82 Å². The molecule has 2 aromatic rings. The van der Waals surface area contributed by atoms with Crippen LogP contribution in [-0.4, -0.2) is 40.6 Å². The molecule has 130 valence electrons. The van der Waals surface area contributed by atoms with Crippen LogP contribution < -0.4 is 0 Å². The van der Waals surface area contributed by atoms with Gasteiger partial charge in [-0.3, -0.25) is 4.79 Å². The van der Waals surface area contributed by atoms with Gasteiger partial charge in [-0.05, 0) is 37.8 Å². The summed E-state index contributed by atoms with van der Waals surface area (Å²) in [5.41, 5.74) is 0.605. The highest BCUT2D eigenvalue weighted by atomic mass is 16.5. The van der Waals surface area contributed by atoms with Crippen molar-refractivity contribution in [1.29, 1.82) is 0 Å². The lowest BCUT2D eigenvalue weighted by Gasteiger charge is -2.22. The zero-order valence-electron chi connectivity index (χ0n) is 14.0. The Morgan fingerprint density at radius 2 is 1.96 bits per heavy atom. The number of amides is 1. The molecular formula is C18H19N3O4.